The van der Waals surface area contributed by atoms with E-state index in [0.29, 0.717) is 0 Å². The van der Waals surface area contributed by atoms with Gasteiger partial charge in [-0.2, -0.15) is 0 Å². The number of unbranched alkanes of at least 4 members (excludes halogenated alkanes) is 18. The minimum absolute atomic E-state index is 0.736. The SMILES string of the molecule is CCCCCCCCCCCCOc1ccc(N)cc1OCCCCCCCCCCCC. The molecule has 0 saturated carbocycles. The van der Waals surface area contributed by atoms with Crippen LogP contribution >= 0.6 is 0 Å². The van der Waals surface area contributed by atoms with Crippen LogP contribution in [0.15, 0.2) is 18.2 Å². The second kappa shape index (κ2) is 22.4. The van der Waals surface area contributed by atoms with Crippen LogP contribution in [0.5, 0.6) is 11.5 Å². The van der Waals surface area contributed by atoms with E-state index >= 15 is 0 Å². The fraction of sp³-hybridized carbons (Fsp3) is 0.800. The van der Waals surface area contributed by atoms with E-state index in [9.17, 15) is 0 Å². The van der Waals surface area contributed by atoms with Crippen molar-refractivity contribution in [2.24, 2.45) is 0 Å². The highest BCUT2D eigenvalue weighted by atomic mass is 16.5. The predicted octanol–water partition coefficient (Wildman–Crippen LogP) is 9.87. The summed E-state index contributed by atoms with van der Waals surface area (Å²) in [6.07, 6.45) is 26.7. The Balaban J connectivity index is 2.07. The summed E-state index contributed by atoms with van der Waals surface area (Å²) in [4.78, 5) is 0. The Kier molecular flexibility index (Phi) is 20.1. The van der Waals surface area contributed by atoms with Gasteiger partial charge in [0.1, 0.15) is 0 Å². The molecule has 2 N–H and O–H groups in total. The van der Waals surface area contributed by atoms with Gasteiger partial charge >= 0.3 is 0 Å². The van der Waals surface area contributed by atoms with Gasteiger partial charge in [-0.1, -0.05) is 129 Å². The van der Waals surface area contributed by atoms with E-state index in [-0.39, 0.29) is 0 Å². The summed E-state index contributed by atoms with van der Waals surface area (Å²) >= 11 is 0. The average Bonchev–Trinajstić information content (AvgIpc) is 2.82. The van der Waals surface area contributed by atoms with Gasteiger partial charge in [0.15, 0.2) is 11.5 Å². The smallest absolute Gasteiger partial charge is 0.163 e. The zero-order valence-corrected chi connectivity index (χ0v) is 22.2. The first-order chi connectivity index (χ1) is 16.3. The molecule has 3 heteroatoms. The molecule has 3 nitrogen and oxygen atoms in total. The second-order valence-corrected chi connectivity index (χ2v) is 9.77. The Labute approximate surface area is 206 Å². The van der Waals surface area contributed by atoms with Gasteiger partial charge in [0, 0.05) is 11.8 Å². The fourth-order valence-electron chi connectivity index (χ4n) is 4.30. The van der Waals surface area contributed by atoms with Gasteiger partial charge in [-0.25, -0.2) is 0 Å². The molecule has 0 saturated heterocycles. The molecule has 0 heterocycles. The van der Waals surface area contributed by atoms with E-state index in [4.69, 9.17) is 15.2 Å². The lowest BCUT2D eigenvalue weighted by atomic mass is 10.1. The molecule has 0 radical (unpaired) electrons. The number of nitrogen functional groups attached to an aromatic ring is 1. The first-order valence-corrected chi connectivity index (χ1v) is 14.4. The van der Waals surface area contributed by atoms with Crippen molar-refractivity contribution in [2.45, 2.75) is 142 Å². The minimum atomic E-state index is 0.736. The monoisotopic (exact) mass is 461 g/mol. The van der Waals surface area contributed by atoms with Gasteiger partial charge in [-0.3, -0.25) is 0 Å². The summed E-state index contributed by atoms with van der Waals surface area (Å²) < 4.78 is 12.1. The molecule has 0 fully saturated rings. The summed E-state index contributed by atoms with van der Waals surface area (Å²) in [7, 11) is 0. The third kappa shape index (κ3) is 17.7. The maximum absolute atomic E-state index is 6.04. The molecule has 33 heavy (non-hydrogen) atoms. The first kappa shape index (κ1) is 29.7. The molecule has 1 aromatic rings. The third-order valence-electron chi connectivity index (χ3n) is 6.48. The van der Waals surface area contributed by atoms with Crippen molar-refractivity contribution in [3.05, 3.63) is 18.2 Å². The van der Waals surface area contributed by atoms with Crippen LogP contribution in [-0.2, 0) is 0 Å². The van der Waals surface area contributed by atoms with E-state index in [1.165, 1.54) is 116 Å². The topological polar surface area (TPSA) is 44.5 Å². The van der Waals surface area contributed by atoms with E-state index in [0.717, 1.165) is 43.2 Å². The van der Waals surface area contributed by atoms with Gasteiger partial charge in [-0.05, 0) is 25.0 Å². The van der Waals surface area contributed by atoms with Crippen LogP contribution < -0.4 is 15.2 Å². The van der Waals surface area contributed by atoms with Gasteiger partial charge < -0.3 is 15.2 Å². The summed E-state index contributed by atoms with van der Waals surface area (Å²) in [5, 5.41) is 0. The summed E-state index contributed by atoms with van der Waals surface area (Å²) in [5.74, 6) is 1.64. The van der Waals surface area contributed by atoms with Gasteiger partial charge in [0.25, 0.3) is 0 Å². The second-order valence-electron chi connectivity index (χ2n) is 9.77. The number of anilines is 1. The minimum Gasteiger partial charge on any atom is -0.490 e. The van der Waals surface area contributed by atoms with Crippen molar-refractivity contribution in [1.29, 1.82) is 0 Å². The number of hydrogen-bond acceptors (Lipinski definition) is 3. The maximum Gasteiger partial charge on any atom is 0.163 e. The van der Waals surface area contributed by atoms with Crippen molar-refractivity contribution < 1.29 is 9.47 Å². The maximum atomic E-state index is 6.04. The van der Waals surface area contributed by atoms with Crippen LogP contribution in [-0.4, -0.2) is 13.2 Å². The largest absolute Gasteiger partial charge is 0.490 e. The van der Waals surface area contributed by atoms with Gasteiger partial charge in [0.2, 0.25) is 0 Å². The summed E-state index contributed by atoms with van der Waals surface area (Å²) in [5.41, 5.74) is 6.72. The number of nitrogens with two attached hydrogens (primary N) is 1. The molecular weight excluding hydrogens is 406 g/mol. The highest BCUT2D eigenvalue weighted by Gasteiger charge is 2.06. The molecule has 0 spiro atoms. The molecule has 0 aromatic heterocycles. The summed E-state index contributed by atoms with van der Waals surface area (Å²) in [6.45, 7) is 6.06. The van der Waals surface area contributed by atoms with Crippen molar-refractivity contribution in [1.82, 2.24) is 0 Å². The lowest BCUT2D eigenvalue weighted by molar-refractivity contribution is 0.258. The molecule has 1 aromatic carbocycles. The zero-order chi connectivity index (χ0) is 23.8. The van der Waals surface area contributed by atoms with E-state index < -0.39 is 0 Å². The van der Waals surface area contributed by atoms with Crippen molar-refractivity contribution >= 4 is 5.69 Å². The molecule has 0 unspecified atom stereocenters. The van der Waals surface area contributed by atoms with Crippen molar-refractivity contribution in [2.75, 3.05) is 18.9 Å². The lowest BCUT2D eigenvalue weighted by Crippen LogP contribution is -2.03. The Hall–Kier alpha value is -1.38. The van der Waals surface area contributed by atoms with Crippen molar-refractivity contribution in [3.63, 3.8) is 0 Å². The number of rotatable bonds is 24. The molecule has 0 bridgehead atoms. The predicted molar refractivity (Wildman–Crippen MR) is 146 cm³/mol. The van der Waals surface area contributed by atoms with Crippen LogP contribution in [0.1, 0.15) is 142 Å². The number of benzene rings is 1. The third-order valence-corrected chi connectivity index (χ3v) is 6.48. The van der Waals surface area contributed by atoms with Crippen LogP contribution in [0.3, 0.4) is 0 Å². The van der Waals surface area contributed by atoms with E-state index in [1.54, 1.807) is 0 Å². The zero-order valence-electron chi connectivity index (χ0n) is 22.2. The molecule has 0 aliphatic rings. The molecule has 1 rings (SSSR count). The Bertz CT molecular complexity index is 546. The standard InChI is InChI=1S/C30H55NO2/c1-3-5-7-9-11-13-15-17-19-21-25-32-29-24-23-28(31)27-30(29)33-26-22-20-18-16-14-12-10-8-6-4-2/h23-24,27H,3-22,25-26,31H2,1-2H3. The highest BCUT2D eigenvalue weighted by molar-refractivity contribution is 5.51. The first-order valence-electron chi connectivity index (χ1n) is 14.4. The van der Waals surface area contributed by atoms with Gasteiger partial charge in [-0.15, -0.1) is 0 Å². The molecule has 0 amide bonds. The van der Waals surface area contributed by atoms with Crippen LogP contribution in [0.2, 0.25) is 0 Å². The van der Waals surface area contributed by atoms with Crippen LogP contribution in [0.4, 0.5) is 5.69 Å². The van der Waals surface area contributed by atoms with Crippen LogP contribution in [0.25, 0.3) is 0 Å². The molecule has 0 aliphatic carbocycles. The lowest BCUT2D eigenvalue weighted by Gasteiger charge is -2.13. The average molecular weight is 462 g/mol. The molecular formula is C30H55NO2. The number of ether oxygens (including phenoxy) is 2. The Morgan fingerprint density at radius 3 is 1.27 bits per heavy atom. The Morgan fingerprint density at radius 2 is 0.848 bits per heavy atom. The summed E-state index contributed by atoms with van der Waals surface area (Å²) in [6, 6.07) is 5.77. The quantitative estimate of drug-likeness (QED) is 0.123. The molecule has 0 aliphatic heterocycles. The van der Waals surface area contributed by atoms with E-state index in [2.05, 4.69) is 13.8 Å². The number of hydrogen-bond donors (Lipinski definition) is 1. The van der Waals surface area contributed by atoms with Crippen molar-refractivity contribution in [3.8, 4) is 11.5 Å². The van der Waals surface area contributed by atoms with E-state index in [1.807, 2.05) is 18.2 Å². The van der Waals surface area contributed by atoms with Crippen LogP contribution in [0, 0.1) is 0 Å². The highest BCUT2D eigenvalue weighted by Crippen LogP contribution is 2.30. The Morgan fingerprint density at radius 1 is 0.485 bits per heavy atom. The normalized spacial score (nSPS) is 11.1. The molecule has 0 atom stereocenters. The fourth-order valence-corrected chi connectivity index (χ4v) is 4.30. The van der Waals surface area contributed by atoms with Gasteiger partial charge in [0.05, 0.1) is 13.2 Å². The molecule has 192 valence electrons.